The maximum absolute atomic E-state index is 13.1. The number of alkyl halides is 1. The van der Waals surface area contributed by atoms with Crippen LogP contribution in [0.5, 0.6) is 5.75 Å². The number of hydrogen-bond acceptors (Lipinski definition) is 5. The van der Waals surface area contributed by atoms with Crippen LogP contribution in [0.1, 0.15) is 0 Å². The summed E-state index contributed by atoms with van der Waals surface area (Å²) in [6, 6.07) is 4.08. The zero-order valence-electron chi connectivity index (χ0n) is 11.1. The van der Waals surface area contributed by atoms with Crippen LogP contribution in [0, 0.1) is 4.77 Å². The smallest absolute Gasteiger partial charge is 0.338 e. The Morgan fingerprint density at radius 2 is 2.05 bits per heavy atom. The molecule has 1 aromatic heterocycles. The molecule has 0 bridgehead atoms. The predicted molar refractivity (Wildman–Crippen MR) is 76.6 cm³/mol. The number of nitrogens with one attached hydrogen (secondary N) is 2. The molecule has 1 aromatic carbocycles. The normalized spacial score (nSPS) is 16.6. The van der Waals surface area contributed by atoms with E-state index in [-0.39, 0.29) is 21.9 Å². The number of ether oxygens (including phenoxy) is 1. The number of benzene rings is 1. The molecule has 10 heteroatoms. The molecule has 1 atom stereocenters. The van der Waals surface area contributed by atoms with Gasteiger partial charge >= 0.3 is 17.7 Å². The molecule has 2 N–H and O–H groups in total. The van der Waals surface area contributed by atoms with Crippen molar-refractivity contribution in [2.45, 2.75) is 6.36 Å². The van der Waals surface area contributed by atoms with E-state index in [9.17, 15) is 18.8 Å². The first-order chi connectivity index (χ1) is 10.4. The number of H-pyrrole nitrogens is 1. The fourth-order valence-electron chi connectivity index (χ4n) is 1.99. The number of halogens is 1. The number of hydrogen-bond donors (Lipinski definition) is 2. The molecule has 0 spiro atoms. The summed E-state index contributed by atoms with van der Waals surface area (Å²) in [4.78, 5) is 37.7. The van der Waals surface area contributed by atoms with Gasteiger partial charge in [0.25, 0.3) is 5.91 Å². The summed E-state index contributed by atoms with van der Waals surface area (Å²) in [5.41, 5.74) is -1.04. The van der Waals surface area contributed by atoms with Crippen LogP contribution in [-0.2, 0) is 11.8 Å². The number of rotatable bonds is 1. The van der Waals surface area contributed by atoms with Crippen molar-refractivity contribution in [1.29, 1.82) is 0 Å². The van der Waals surface area contributed by atoms with E-state index in [1.165, 1.54) is 25.2 Å². The molecule has 0 fully saturated rings. The van der Waals surface area contributed by atoms with E-state index in [4.69, 9.17) is 17.0 Å². The molecule has 1 aliphatic heterocycles. The molecule has 0 saturated heterocycles. The summed E-state index contributed by atoms with van der Waals surface area (Å²) >= 11 is 4.84. The lowest BCUT2D eigenvalue weighted by Gasteiger charge is -2.21. The fourth-order valence-corrected chi connectivity index (χ4v) is 2.16. The molecular formula is C12H9FN4O4S. The third-order valence-electron chi connectivity index (χ3n) is 3.12. The van der Waals surface area contributed by atoms with Crippen molar-refractivity contribution in [2.75, 3.05) is 5.32 Å². The molecule has 1 amide bonds. The fraction of sp³-hybridized carbons (Fsp3) is 0.167. The van der Waals surface area contributed by atoms with E-state index in [0.717, 1.165) is 9.13 Å². The Kier molecular flexibility index (Phi) is 3.17. The van der Waals surface area contributed by atoms with E-state index in [0.29, 0.717) is 0 Å². The zero-order chi connectivity index (χ0) is 16.0. The number of nitrogens with zero attached hydrogens (tertiary/aromatic N) is 2. The van der Waals surface area contributed by atoms with Crippen molar-refractivity contribution in [3.8, 4) is 11.4 Å². The summed E-state index contributed by atoms with van der Waals surface area (Å²) < 4.78 is 19.8. The van der Waals surface area contributed by atoms with Gasteiger partial charge in [-0.15, -0.1) is 0 Å². The third-order valence-corrected chi connectivity index (χ3v) is 3.49. The number of anilines is 1. The van der Waals surface area contributed by atoms with Crippen molar-refractivity contribution in [1.82, 2.24) is 14.1 Å². The largest absolute Gasteiger partial charge is 0.450 e. The van der Waals surface area contributed by atoms with Gasteiger partial charge in [-0.3, -0.25) is 14.3 Å². The quantitative estimate of drug-likeness (QED) is 0.731. The number of fused-ring (bicyclic) bond motifs is 1. The Morgan fingerprint density at radius 3 is 2.77 bits per heavy atom. The minimum Gasteiger partial charge on any atom is -0.450 e. The summed E-state index contributed by atoms with van der Waals surface area (Å²) in [7, 11) is 1.41. The average molecular weight is 324 g/mol. The van der Waals surface area contributed by atoms with Crippen LogP contribution in [0.3, 0.4) is 0 Å². The number of aromatic amines is 1. The number of aromatic nitrogens is 3. The van der Waals surface area contributed by atoms with Gasteiger partial charge in [-0.25, -0.2) is 14.2 Å². The van der Waals surface area contributed by atoms with Crippen LogP contribution >= 0.6 is 12.2 Å². The standard InChI is InChI=1S/C12H9FN4O4S/c1-16-11(22)15-10(19)17(12(16)20)5-2-3-7-6(4-5)14-9(18)8(13)21-7/h2-4,8H,1H3,(H,14,18)(H,15,19,22). The maximum Gasteiger partial charge on any atom is 0.338 e. The zero-order valence-corrected chi connectivity index (χ0v) is 11.9. The summed E-state index contributed by atoms with van der Waals surface area (Å²) in [6.45, 7) is 0. The van der Waals surface area contributed by atoms with Crippen molar-refractivity contribution in [2.24, 2.45) is 7.05 Å². The third kappa shape index (κ3) is 2.13. The molecule has 1 aliphatic rings. The Labute approximate surface area is 126 Å². The molecule has 114 valence electrons. The second kappa shape index (κ2) is 4.91. The molecule has 3 rings (SSSR count). The highest BCUT2D eigenvalue weighted by Gasteiger charge is 2.27. The van der Waals surface area contributed by atoms with Crippen molar-refractivity contribution in [3.63, 3.8) is 0 Å². The molecule has 8 nitrogen and oxygen atoms in total. The van der Waals surface area contributed by atoms with Crippen LogP contribution in [0.25, 0.3) is 5.69 Å². The van der Waals surface area contributed by atoms with Gasteiger partial charge in [0.1, 0.15) is 5.75 Å². The molecule has 2 heterocycles. The van der Waals surface area contributed by atoms with Crippen molar-refractivity contribution >= 4 is 23.8 Å². The lowest BCUT2D eigenvalue weighted by Crippen LogP contribution is -2.40. The minimum atomic E-state index is -2.10. The summed E-state index contributed by atoms with van der Waals surface area (Å²) in [5.74, 6) is -0.859. The van der Waals surface area contributed by atoms with E-state index < -0.39 is 23.6 Å². The molecule has 0 saturated carbocycles. The van der Waals surface area contributed by atoms with Crippen molar-refractivity contribution < 1.29 is 13.9 Å². The van der Waals surface area contributed by atoms with Crippen LogP contribution in [-0.4, -0.2) is 26.4 Å². The molecule has 0 radical (unpaired) electrons. The maximum atomic E-state index is 13.1. The number of carbonyl (C=O) groups is 1. The second-order valence-electron chi connectivity index (χ2n) is 4.52. The minimum absolute atomic E-state index is 0.0129. The predicted octanol–water partition coefficient (Wildman–Crippen LogP) is 0.220. The van der Waals surface area contributed by atoms with Gasteiger partial charge in [-0.1, -0.05) is 0 Å². The van der Waals surface area contributed by atoms with E-state index >= 15 is 0 Å². The SMILES string of the molecule is Cn1c(=S)[nH]c(=O)n(-c2ccc3c(c2)NC(=O)C(F)O3)c1=O. The van der Waals surface area contributed by atoms with Crippen LogP contribution < -0.4 is 21.4 Å². The molecule has 1 unspecified atom stereocenters. The monoisotopic (exact) mass is 324 g/mol. The van der Waals surface area contributed by atoms with Gasteiger partial charge < -0.3 is 10.1 Å². The lowest BCUT2D eigenvalue weighted by molar-refractivity contribution is -0.130. The van der Waals surface area contributed by atoms with Gasteiger partial charge in [0.05, 0.1) is 11.4 Å². The van der Waals surface area contributed by atoms with Crippen LogP contribution in [0.4, 0.5) is 10.1 Å². The van der Waals surface area contributed by atoms with Gasteiger partial charge in [0.15, 0.2) is 4.77 Å². The van der Waals surface area contributed by atoms with Gasteiger partial charge in [-0.2, -0.15) is 4.39 Å². The van der Waals surface area contributed by atoms with E-state index in [2.05, 4.69) is 10.3 Å². The Morgan fingerprint density at radius 1 is 1.32 bits per heavy atom. The van der Waals surface area contributed by atoms with Crippen LogP contribution in [0.2, 0.25) is 0 Å². The lowest BCUT2D eigenvalue weighted by atomic mass is 10.2. The van der Waals surface area contributed by atoms with Gasteiger partial charge in [-0.05, 0) is 30.4 Å². The van der Waals surface area contributed by atoms with Gasteiger partial charge in [0.2, 0.25) is 0 Å². The first-order valence-corrected chi connectivity index (χ1v) is 6.47. The number of carbonyl (C=O) groups excluding carboxylic acids is 1. The van der Waals surface area contributed by atoms with E-state index in [1.54, 1.807) is 0 Å². The molecule has 0 aliphatic carbocycles. The van der Waals surface area contributed by atoms with Crippen molar-refractivity contribution in [3.05, 3.63) is 43.9 Å². The molecule has 2 aromatic rings. The topological polar surface area (TPSA) is 98.1 Å². The average Bonchev–Trinajstić information content (AvgIpc) is 2.46. The highest BCUT2D eigenvalue weighted by atomic mass is 32.1. The Bertz CT molecular complexity index is 961. The summed E-state index contributed by atoms with van der Waals surface area (Å²) in [5, 5.41) is 2.29. The Balaban J connectivity index is 2.20. The first-order valence-electron chi connectivity index (χ1n) is 6.07. The molecular weight excluding hydrogens is 315 g/mol. The van der Waals surface area contributed by atoms with E-state index in [1.807, 2.05) is 0 Å². The first kappa shape index (κ1) is 14.2. The highest BCUT2D eigenvalue weighted by Crippen LogP contribution is 2.31. The highest BCUT2D eigenvalue weighted by molar-refractivity contribution is 7.71. The summed E-state index contributed by atoms with van der Waals surface area (Å²) in [6.07, 6.45) is -2.10. The Hall–Kier alpha value is -2.75. The second-order valence-corrected chi connectivity index (χ2v) is 4.90. The number of amides is 1. The molecule has 22 heavy (non-hydrogen) atoms. The van der Waals surface area contributed by atoms with Crippen LogP contribution in [0.15, 0.2) is 27.8 Å². The van der Waals surface area contributed by atoms with Gasteiger partial charge in [0, 0.05) is 7.05 Å².